The fraction of sp³-hybridized carbons (Fsp3) is 0.320. The van der Waals surface area contributed by atoms with Crippen LogP contribution in [0.5, 0.6) is 0 Å². The van der Waals surface area contributed by atoms with Crippen LogP contribution in [0.4, 0.5) is 0 Å². The molecule has 0 amide bonds. The lowest BCUT2D eigenvalue weighted by atomic mass is 9.87. The lowest BCUT2D eigenvalue weighted by Gasteiger charge is -2.19. The highest BCUT2D eigenvalue weighted by Gasteiger charge is 2.15. The summed E-state index contributed by atoms with van der Waals surface area (Å²) in [4.78, 5) is 0. The Morgan fingerprint density at radius 1 is 1.25 bits per heavy atom. The molecule has 0 aliphatic carbocycles. The molecule has 148 valence electrons. The molecule has 2 aromatic carbocycles. The van der Waals surface area contributed by atoms with E-state index in [0.717, 1.165) is 31.4 Å². The van der Waals surface area contributed by atoms with Gasteiger partial charge in [0.25, 0.3) is 0 Å². The first kappa shape index (κ1) is 21.8. The van der Waals surface area contributed by atoms with Crippen LogP contribution in [-0.2, 0) is 11.2 Å². The van der Waals surface area contributed by atoms with Crippen LogP contribution >= 0.6 is 0 Å². The Labute approximate surface area is 169 Å². The van der Waals surface area contributed by atoms with Crippen LogP contribution in [0.3, 0.4) is 0 Å². The minimum atomic E-state index is 0.193. The van der Waals surface area contributed by atoms with Gasteiger partial charge >= 0.3 is 0 Å². The lowest BCUT2D eigenvalue weighted by molar-refractivity contribution is 0.195. The smallest absolute Gasteiger partial charge is 0.0465 e. The van der Waals surface area contributed by atoms with Gasteiger partial charge in [0.1, 0.15) is 0 Å². The Kier molecular flexibility index (Phi) is 8.86. The van der Waals surface area contributed by atoms with Crippen molar-refractivity contribution < 1.29 is 4.74 Å². The van der Waals surface area contributed by atoms with Gasteiger partial charge < -0.3 is 15.9 Å². The largest absolute Gasteiger partial charge is 0.385 e. The third-order valence-electron chi connectivity index (χ3n) is 5.12. The minimum absolute atomic E-state index is 0.193. The fourth-order valence-electron chi connectivity index (χ4n) is 3.66. The van der Waals surface area contributed by atoms with Crippen molar-refractivity contribution in [1.29, 1.82) is 5.41 Å². The van der Waals surface area contributed by atoms with Crippen molar-refractivity contribution in [3.63, 3.8) is 0 Å². The highest BCUT2D eigenvalue weighted by molar-refractivity contribution is 5.76. The van der Waals surface area contributed by atoms with E-state index in [0.29, 0.717) is 6.54 Å². The molecule has 0 aliphatic rings. The predicted octanol–water partition coefficient (Wildman–Crippen LogP) is 5.44. The lowest BCUT2D eigenvalue weighted by Crippen LogP contribution is -2.15. The Hall–Kier alpha value is -2.49. The summed E-state index contributed by atoms with van der Waals surface area (Å²) in [6.07, 6.45) is 7.78. The number of allylic oxidation sites excluding steroid dienone is 3. The van der Waals surface area contributed by atoms with Crippen LogP contribution < -0.4 is 5.73 Å². The van der Waals surface area contributed by atoms with E-state index < -0.39 is 0 Å². The van der Waals surface area contributed by atoms with E-state index in [9.17, 15) is 0 Å². The van der Waals surface area contributed by atoms with Crippen LogP contribution in [0.1, 0.15) is 35.4 Å². The Bertz CT molecular complexity index is 823. The molecular weight excluding hydrogens is 344 g/mol. The number of hydrogen-bond donors (Lipinski definition) is 2. The molecule has 0 aromatic heterocycles. The molecule has 28 heavy (non-hydrogen) atoms. The van der Waals surface area contributed by atoms with E-state index in [1.54, 1.807) is 13.2 Å². The SMILES string of the molecule is C=C/C=C(\C=N)CC(CN)c1ccc(-c2ccccc2CCCOC)cc1C. The third-order valence-corrected chi connectivity index (χ3v) is 5.12. The number of benzene rings is 2. The summed E-state index contributed by atoms with van der Waals surface area (Å²) >= 11 is 0. The van der Waals surface area contributed by atoms with E-state index in [2.05, 4.69) is 56.0 Å². The molecule has 0 aliphatic heterocycles. The highest BCUT2D eigenvalue weighted by atomic mass is 16.5. The maximum atomic E-state index is 7.60. The first-order valence-corrected chi connectivity index (χ1v) is 9.84. The maximum Gasteiger partial charge on any atom is 0.0465 e. The second-order valence-corrected chi connectivity index (χ2v) is 7.08. The number of rotatable bonds is 11. The van der Waals surface area contributed by atoms with Crippen molar-refractivity contribution in [3.8, 4) is 11.1 Å². The van der Waals surface area contributed by atoms with Gasteiger partial charge in [0, 0.05) is 25.8 Å². The van der Waals surface area contributed by atoms with Gasteiger partial charge in [-0.05, 0) is 66.1 Å². The molecule has 0 fully saturated rings. The van der Waals surface area contributed by atoms with Gasteiger partial charge in [-0.15, -0.1) is 0 Å². The monoisotopic (exact) mass is 376 g/mol. The number of ether oxygens (including phenoxy) is 1. The summed E-state index contributed by atoms with van der Waals surface area (Å²) in [5.74, 6) is 0.193. The number of hydrogen-bond acceptors (Lipinski definition) is 3. The fourth-order valence-corrected chi connectivity index (χ4v) is 3.66. The van der Waals surface area contributed by atoms with Gasteiger partial charge in [-0.2, -0.15) is 0 Å². The van der Waals surface area contributed by atoms with E-state index >= 15 is 0 Å². The molecule has 3 N–H and O–H groups in total. The summed E-state index contributed by atoms with van der Waals surface area (Å²) in [5.41, 5.74) is 13.4. The van der Waals surface area contributed by atoms with Crippen molar-refractivity contribution in [1.82, 2.24) is 0 Å². The van der Waals surface area contributed by atoms with Gasteiger partial charge in [0.2, 0.25) is 0 Å². The van der Waals surface area contributed by atoms with Gasteiger partial charge in [0.05, 0.1) is 0 Å². The highest BCUT2D eigenvalue weighted by Crippen LogP contribution is 2.31. The van der Waals surface area contributed by atoms with Crippen LogP contribution in [0.25, 0.3) is 11.1 Å². The van der Waals surface area contributed by atoms with Crippen LogP contribution in [-0.4, -0.2) is 26.5 Å². The molecule has 3 heteroatoms. The van der Waals surface area contributed by atoms with Crippen LogP contribution in [0.15, 0.2) is 66.8 Å². The number of aryl methyl sites for hydroxylation is 2. The Morgan fingerprint density at radius 2 is 2.04 bits per heavy atom. The van der Waals surface area contributed by atoms with E-state index in [-0.39, 0.29) is 5.92 Å². The topological polar surface area (TPSA) is 59.1 Å². The normalized spacial score (nSPS) is 12.6. The number of nitrogens with one attached hydrogen (secondary N) is 1. The van der Waals surface area contributed by atoms with Crippen molar-refractivity contribution in [2.75, 3.05) is 20.3 Å². The maximum absolute atomic E-state index is 7.60. The molecule has 0 bridgehead atoms. The third kappa shape index (κ3) is 5.75. The first-order chi connectivity index (χ1) is 13.6. The summed E-state index contributed by atoms with van der Waals surface area (Å²) < 4.78 is 5.20. The minimum Gasteiger partial charge on any atom is -0.385 e. The first-order valence-electron chi connectivity index (χ1n) is 9.84. The van der Waals surface area contributed by atoms with Crippen LogP contribution in [0, 0.1) is 12.3 Å². The van der Waals surface area contributed by atoms with Crippen molar-refractivity contribution >= 4 is 6.21 Å². The Morgan fingerprint density at radius 3 is 2.68 bits per heavy atom. The zero-order chi connectivity index (χ0) is 20.4. The average molecular weight is 377 g/mol. The molecule has 3 nitrogen and oxygen atoms in total. The summed E-state index contributed by atoms with van der Waals surface area (Å²) in [7, 11) is 1.75. The van der Waals surface area contributed by atoms with E-state index in [1.807, 2.05) is 6.08 Å². The molecule has 1 atom stereocenters. The molecule has 0 heterocycles. The molecule has 0 saturated heterocycles. The summed E-state index contributed by atoms with van der Waals surface area (Å²) in [6, 6.07) is 15.2. The molecule has 0 saturated carbocycles. The van der Waals surface area contributed by atoms with Crippen molar-refractivity contribution in [2.45, 2.75) is 32.1 Å². The molecule has 2 rings (SSSR count). The summed E-state index contributed by atoms with van der Waals surface area (Å²) in [6.45, 7) is 7.21. The number of methoxy groups -OCH3 is 1. The zero-order valence-electron chi connectivity index (χ0n) is 17.1. The van der Waals surface area contributed by atoms with Gasteiger partial charge in [-0.3, -0.25) is 0 Å². The zero-order valence-corrected chi connectivity index (χ0v) is 17.1. The van der Waals surface area contributed by atoms with Gasteiger partial charge in [0.15, 0.2) is 0 Å². The van der Waals surface area contributed by atoms with E-state index in [1.165, 1.54) is 34.0 Å². The Balaban J connectivity index is 2.30. The van der Waals surface area contributed by atoms with Crippen LogP contribution in [0.2, 0.25) is 0 Å². The molecule has 0 radical (unpaired) electrons. The molecular formula is C25H32N2O. The molecule has 1 unspecified atom stereocenters. The van der Waals surface area contributed by atoms with Crippen molar-refractivity contribution in [2.24, 2.45) is 5.73 Å². The van der Waals surface area contributed by atoms with Crippen molar-refractivity contribution in [3.05, 3.63) is 83.5 Å². The van der Waals surface area contributed by atoms with Gasteiger partial charge in [-0.25, -0.2) is 0 Å². The predicted molar refractivity (Wildman–Crippen MR) is 120 cm³/mol. The molecule has 2 aromatic rings. The quantitative estimate of drug-likeness (QED) is 0.312. The van der Waals surface area contributed by atoms with Gasteiger partial charge in [-0.1, -0.05) is 61.2 Å². The average Bonchev–Trinajstić information content (AvgIpc) is 2.72. The second kappa shape index (κ2) is 11.4. The number of nitrogens with two attached hydrogens (primary N) is 1. The van der Waals surface area contributed by atoms with E-state index in [4.69, 9.17) is 15.9 Å². The summed E-state index contributed by atoms with van der Waals surface area (Å²) in [5, 5.41) is 7.60. The standard InChI is InChI=1S/C25H32N2O/c1-4-8-20(17-26)16-23(18-27)24-13-12-22(15-19(24)2)25-11-6-5-9-21(25)10-7-14-28-3/h4-6,8-9,11-13,15,17,23,26H,1,7,10,14,16,18,27H2,2-3H3/b20-8-,26-17?. The second-order valence-electron chi connectivity index (χ2n) is 7.08. The molecule has 0 spiro atoms.